The fourth-order valence-corrected chi connectivity index (χ4v) is 4.70. The van der Waals surface area contributed by atoms with Crippen LogP contribution in [-0.4, -0.2) is 23.3 Å². The minimum Gasteiger partial charge on any atom is -0.462 e. The van der Waals surface area contributed by atoms with Crippen LogP contribution in [0.3, 0.4) is 0 Å². The molecule has 0 amide bonds. The highest BCUT2D eigenvalue weighted by Gasteiger charge is 2.24. The van der Waals surface area contributed by atoms with Gasteiger partial charge in [-0.2, -0.15) is 10.5 Å². The molecule has 0 aliphatic carbocycles. The molecular formula is C26H21N3O6S. The van der Waals surface area contributed by atoms with Gasteiger partial charge >= 0.3 is 5.97 Å². The van der Waals surface area contributed by atoms with Crippen molar-refractivity contribution in [3.05, 3.63) is 77.7 Å². The molecule has 0 aliphatic rings. The van der Waals surface area contributed by atoms with Crippen LogP contribution in [0.5, 0.6) is 0 Å². The van der Waals surface area contributed by atoms with Gasteiger partial charge in [-0.1, -0.05) is 0 Å². The summed E-state index contributed by atoms with van der Waals surface area (Å²) in [6.45, 7) is 6.88. The van der Waals surface area contributed by atoms with Crippen molar-refractivity contribution in [1.82, 2.24) is 0 Å². The minimum absolute atomic E-state index is 0.0342. The number of hydrogen-bond donors (Lipinski definition) is 0. The molecule has 9 nitrogen and oxygen atoms in total. The van der Waals surface area contributed by atoms with Crippen LogP contribution in [0.15, 0.2) is 34.3 Å². The van der Waals surface area contributed by atoms with Crippen LogP contribution in [0, 0.1) is 53.5 Å². The van der Waals surface area contributed by atoms with E-state index in [2.05, 4.69) is 0 Å². The molecule has 2 aromatic heterocycles. The topological polar surface area (TPSA) is 147 Å². The van der Waals surface area contributed by atoms with Crippen molar-refractivity contribution in [2.24, 2.45) is 0 Å². The van der Waals surface area contributed by atoms with Gasteiger partial charge in [-0.3, -0.25) is 14.9 Å². The van der Waals surface area contributed by atoms with Crippen LogP contribution in [-0.2, 0) is 16.0 Å². The van der Waals surface area contributed by atoms with Gasteiger partial charge in [0.2, 0.25) is 0 Å². The average Bonchev–Trinajstić information content (AvgIpc) is 3.43. The summed E-state index contributed by atoms with van der Waals surface area (Å²) >= 11 is 0.996. The highest BCUT2D eigenvalue weighted by molar-refractivity contribution is 7.14. The van der Waals surface area contributed by atoms with Crippen LogP contribution in [0.2, 0.25) is 0 Å². The predicted molar refractivity (Wildman–Crippen MR) is 132 cm³/mol. The SMILES string of the molecule is CCOC(=O)c1sc(CC(=O)/C(C#N)=C/c2ccc(-c3cc(C)c(C)c([N+](=O)[O-])c3)o2)c(C#N)c1C. The van der Waals surface area contributed by atoms with Gasteiger partial charge in [-0.15, -0.1) is 11.3 Å². The van der Waals surface area contributed by atoms with E-state index in [1.165, 1.54) is 12.1 Å². The highest BCUT2D eigenvalue weighted by Crippen LogP contribution is 2.32. The summed E-state index contributed by atoms with van der Waals surface area (Å²) in [4.78, 5) is 36.6. The summed E-state index contributed by atoms with van der Waals surface area (Å²) in [5.41, 5.74) is 2.19. The third kappa shape index (κ3) is 5.24. The number of nitro benzene ring substituents is 1. The molecule has 3 aromatic rings. The number of allylic oxidation sites excluding steroid dienone is 1. The number of thiophene rings is 1. The molecule has 0 radical (unpaired) electrons. The first-order valence-corrected chi connectivity index (χ1v) is 11.6. The number of nitriles is 2. The van der Waals surface area contributed by atoms with Gasteiger partial charge in [0.05, 0.1) is 22.7 Å². The van der Waals surface area contributed by atoms with Crippen molar-refractivity contribution < 1.29 is 23.7 Å². The number of aryl methyl sites for hydroxylation is 1. The maximum Gasteiger partial charge on any atom is 0.348 e. The van der Waals surface area contributed by atoms with Gasteiger partial charge in [0, 0.05) is 34.6 Å². The number of ether oxygens (including phenoxy) is 1. The van der Waals surface area contributed by atoms with Crippen molar-refractivity contribution in [3.8, 4) is 23.5 Å². The summed E-state index contributed by atoms with van der Waals surface area (Å²) < 4.78 is 10.8. The van der Waals surface area contributed by atoms with E-state index < -0.39 is 16.7 Å². The Morgan fingerprint density at radius 2 is 1.92 bits per heavy atom. The standard InChI is InChI=1S/C26H21N3O6S/c1-5-34-26(31)25-16(4)20(13-28)24(36-25)11-22(30)18(12-27)9-19-6-7-23(35-19)17-8-14(2)15(3)21(10-17)29(32)33/h6-10H,5,11H2,1-4H3/b18-9+. The van der Waals surface area contributed by atoms with E-state index in [0.717, 1.165) is 16.9 Å². The van der Waals surface area contributed by atoms with Crippen LogP contribution >= 0.6 is 11.3 Å². The molecule has 182 valence electrons. The molecule has 0 bridgehead atoms. The van der Waals surface area contributed by atoms with Crippen molar-refractivity contribution >= 4 is 34.9 Å². The first-order valence-electron chi connectivity index (χ1n) is 10.8. The molecule has 0 saturated heterocycles. The van der Waals surface area contributed by atoms with E-state index >= 15 is 0 Å². The number of Topliss-reactive ketones (excluding diaryl/α,β-unsaturated/α-hetero) is 1. The third-order valence-corrected chi connectivity index (χ3v) is 6.84. The van der Waals surface area contributed by atoms with Crippen molar-refractivity contribution in [2.75, 3.05) is 6.61 Å². The summed E-state index contributed by atoms with van der Waals surface area (Å²) in [5, 5.41) is 30.5. The number of nitro groups is 1. The lowest BCUT2D eigenvalue weighted by Crippen LogP contribution is -2.05. The van der Waals surface area contributed by atoms with Gasteiger partial charge in [0.1, 0.15) is 28.5 Å². The van der Waals surface area contributed by atoms with Crippen LogP contribution < -0.4 is 0 Å². The molecule has 3 rings (SSSR count). The van der Waals surface area contributed by atoms with Crippen LogP contribution in [0.4, 0.5) is 5.69 Å². The Kier molecular flexibility index (Phi) is 7.83. The van der Waals surface area contributed by atoms with Gasteiger partial charge < -0.3 is 9.15 Å². The van der Waals surface area contributed by atoms with Gasteiger partial charge in [0.25, 0.3) is 5.69 Å². The quantitative estimate of drug-likeness (QED) is 0.127. The summed E-state index contributed by atoms with van der Waals surface area (Å²) in [5.74, 6) is -0.561. The first-order chi connectivity index (χ1) is 17.1. The molecule has 0 atom stereocenters. The number of ketones is 1. The Balaban J connectivity index is 1.90. The molecule has 2 heterocycles. The summed E-state index contributed by atoms with van der Waals surface area (Å²) in [6.07, 6.45) is 1.03. The van der Waals surface area contributed by atoms with E-state index in [1.54, 1.807) is 45.9 Å². The van der Waals surface area contributed by atoms with E-state index in [9.17, 15) is 30.2 Å². The molecule has 0 spiro atoms. The minimum atomic E-state index is -0.569. The number of hydrogen-bond acceptors (Lipinski definition) is 9. The molecule has 0 aliphatic heterocycles. The zero-order chi connectivity index (χ0) is 26.6. The third-order valence-electron chi connectivity index (χ3n) is 5.57. The van der Waals surface area contributed by atoms with E-state index in [0.29, 0.717) is 27.3 Å². The second-order valence-electron chi connectivity index (χ2n) is 7.85. The zero-order valence-corrected chi connectivity index (χ0v) is 20.8. The molecule has 1 aromatic carbocycles. The zero-order valence-electron chi connectivity index (χ0n) is 20.0. The Morgan fingerprint density at radius 1 is 1.19 bits per heavy atom. The number of nitrogens with zero attached hydrogens (tertiary/aromatic N) is 3. The molecule has 0 unspecified atom stereocenters. The molecular weight excluding hydrogens is 482 g/mol. The first kappa shape index (κ1) is 26.1. The Bertz CT molecular complexity index is 1500. The maximum absolute atomic E-state index is 12.9. The molecule has 10 heteroatoms. The molecule has 0 saturated carbocycles. The summed E-state index contributed by atoms with van der Waals surface area (Å²) in [6, 6.07) is 10.2. The van der Waals surface area contributed by atoms with Crippen molar-refractivity contribution in [1.29, 1.82) is 10.5 Å². The smallest absolute Gasteiger partial charge is 0.348 e. The highest BCUT2D eigenvalue weighted by atomic mass is 32.1. The number of furan rings is 1. The van der Waals surface area contributed by atoms with Gasteiger partial charge in [-0.05, 0) is 57.0 Å². The molecule has 36 heavy (non-hydrogen) atoms. The fraction of sp³-hybridized carbons (Fsp3) is 0.231. The predicted octanol–water partition coefficient (Wildman–Crippen LogP) is 5.61. The normalized spacial score (nSPS) is 11.0. The number of carbonyl (C=O) groups is 2. The lowest BCUT2D eigenvalue weighted by atomic mass is 10.0. The van der Waals surface area contributed by atoms with E-state index in [1.807, 2.05) is 12.1 Å². The van der Waals surface area contributed by atoms with E-state index in [-0.39, 0.29) is 40.5 Å². The fourth-order valence-electron chi connectivity index (χ4n) is 3.55. The number of rotatable bonds is 8. The Morgan fingerprint density at radius 3 is 2.53 bits per heavy atom. The number of esters is 1. The molecule has 0 fully saturated rings. The maximum atomic E-state index is 12.9. The number of carbonyl (C=O) groups excluding carboxylic acids is 2. The number of benzene rings is 1. The lowest BCUT2D eigenvalue weighted by molar-refractivity contribution is -0.385. The van der Waals surface area contributed by atoms with Crippen LogP contribution in [0.25, 0.3) is 17.4 Å². The Labute approximate surface area is 211 Å². The monoisotopic (exact) mass is 503 g/mol. The molecule has 0 N–H and O–H groups in total. The average molecular weight is 504 g/mol. The van der Waals surface area contributed by atoms with Crippen LogP contribution in [0.1, 0.15) is 49.5 Å². The second kappa shape index (κ2) is 10.8. The largest absolute Gasteiger partial charge is 0.462 e. The van der Waals surface area contributed by atoms with Gasteiger partial charge in [-0.25, -0.2) is 4.79 Å². The second-order valence-corrected chi connectivity index (χ2v) is 8.96. The van der Waals surface area contributed by atoms with E-state index in [4.69, 9.17) is 9.15 Å². The Hall–Kier alpha value is -4.54. The lowest BCUT2D eigenvalue weighted by Gasteiger charge is -2.04. The van der Waals surface area contributed by atoms with Crippen molar-refractivity contribution in [3.63, 3.8) is 0 Å². The van der Waals surface area contributed by atoms with Crippen molar-refractivity contribution in [2.45, 2.75) is 34.1 Å². The van der Waals surface area contributed by atoms with Gasteiger partial charge in [0.15, 0.2) is 5.78 Å². The summed E-state index contributed by atoms with van der Waals surface area (Å²) in [7, 11) is 0.